The predicted octanol–water partition coefficient (Wildman–Crippen LogP) is 3.20. The molecule has 2 saturated heterocycles. The number of likely N-dealkylation sites (tertiary alicyclic amines) is 1. The van der Waals surface area contributed by atoms with Crippen molar-refractivity contribution >= 4 is 15.7 Å². The van der Waals surface area contributed by atoms with Crippen molar-refractivity contribution in [2.75, 3.05) is 24.6 Å². The zero-order valence-corrected chi connectivity index (χ0v) is 18.5. The molecule has 0 N–H and O–H groups in total. The monoisotopic (exact) mass is 418 g/mol. The molecular weight excluding hydrogens is 384 g/mol. The van der Waals surface area contributed by atoms with Crippen LogP contribution in [-0.4, -0.2) is 60.8 Å². The van der Waals surface area contributed by atoms with E-state index in [0.717, 1.165) is 45.2 Å². The van der Waals surface area contributed by atoms with Crippen LogP contribution in [0.3, 0.4) is 0 Å². The van der Waals surface area contributed by atoms with Crippen LogP contribution in [0.1, 0.15) is 63.0 Å². The van der Waals surface area contributed by atoms with Gasteiger partial charge in [0.05, 0.1) is 11.5 Å². The van der Waals surface area contributed by atoms with Crippen molar-refractivity contribution in [3.05, 3.63) is 35.4 Å². The molecule has 160 valence electrons. The molecule has 1 saturated carbocycles. The Kier molecular flexibility index (Phi) is 6.03. The summed E-state index contributed by atoms with van der Waals surface area (Å²) in [5.74, 6) is 1.53. The molecule has 1 aliphatic carbocycles. The third kappa shape index (κ3) is 5.02. The first-order chi connectivity index (χ1) is 13.8. The van der Waals surface area contributed by atoms with Crippen LogP contribution in [0, 0.1) is 5.92 Å². The first-order valence-electron chi connectivity index (χ1n) is 11.2. The highest BCUT2D eigenvalue weighted by Gasteiger charge is 2.39. The Balaban J connectivity index is 1.35. The van der Waals surface area contributed by atoms with Gasteiger partial charge in [0.15, 0.2) is 9.84 Å². The van der Waals surface area contributed by atoms with E-state index in [9.17, 15) is 13.2 Å². The largest absolute Gasteiger partial charge is 0.335 e. The number of benzene rings is 1. The summed E-state index contributed by atoms with van der Waals surface area (Å²) in [4.78, 5) is 17.7. The number of rotatable bonds is 6. The van der Waals surface area contributed by atoms with Crippen LogP contribution in [-0.2, 0) is 21.2 Å². The van der Waals surface area contributed by atoms with Gasteiger partial charge >= 0.3 is 0 Å². The molecule has 4 rings (SSSR count). The van der Waals surface area contributed by atoms with Crippen LogP contribution in [0.5, 0.6) is 0 Å². The van der Waals surface area contributed by atoms with E-state index >= 15 is 0 Å². The average molecular weight is 419 g/mol. The molecule has 3 aliphatic rings. The molecule has 3 fully saturated rings. The summed E-state index contributed by atoms with van der Waals surface area (Å²) < 4.78 is 23.5. The molecule has 6 heteroatoms. The molecule has 29 heavy (non-hydrogen) atoms. The topological polar surface area (TPSA) is 57.7 Å². The van der Waals surface area contributed by atoms with Crippen LogP contribution in [0.25, 0.3) is 0 Å². The molecule has 1 aromatic carbocycles. The molecule has 5 nitrogen and oxygen atoms in total. The smallest absolute Gasteiger partial charge is 0.226 e. The Morgan fingerprint density at radius 3 is 2.24 bits per heavy atom. The van der Waals surface area contributed by atoms with Gasteiger partial charge in [0.25, 0.3) is 0 Å². The first kappa shape index (κ1) is 20.9. The van der Waals surface area contributed by atoms with Gasteiger partial charge in [-0.15, -0.1) is 0 Å². The predicted molar refractivity (Wildman–Crippen MR) is 115 cm³/mol. The normalized spacial score (nSPS) is 25.4. The average Bonchev–Trinajstić information content (AvgIpc) is 3.48. The van der Waals surface area contributed by atoms with Gasteiger partial charge in [-0.2, -0.15) is 0 Å². The summed E-state index contributed by atoms with van der Waals surface area (Å²) in [6.07, 6.45) is 4.69. The minimum atomic E-state index is -2.85. The highest BCUT2D eigenvalue weighted by atomic mass is 32.2. The standard InChI is InChI=1S/C23H34N2O3S/c1-17(2)19-5-3-18(4-6-19)15-25(21-7-8-21)23(26)20-9-12-24(13-10-20)22-11-14-29(27,28)16-22/h3-6,17,20-22H,7-16H2,1-2H3/t22-/m1/s1. The number of hydrogen-bond acceptors (Lipinski definition) is 4. The number of piperidine rings is 1. The molecule has 0 spiro atoms. The van der Waals surface area contributed by atoms with Crippen molar-refractivity contribution < 1.29 is 13.2 Å². The van der Waals surface area contributed by atoms with E-state index in [1.165, 1.54) is 11.1 Å². The summed E-state index contributed by atoms with van der Waals surface area (Å²) in [5.41, 5.74) is 2.54. The van der Waals surface area contributed by atoms with E-state index in [2.05, 4.69) is 47.9 Å². The second kappa shape index (κ2) is 8.38. The maximum Gasteiger partial charge on any atom is 0.226 e. The van der Waals surface area contributed by atoms with Gasteiger partial charge in [-0.05, 0) is 62.2 Å². The van der Waals surface area contributed by atoms with Gasteiger partial charge in [-0.3, -0.25) is 9.69 Å². The number of carbonyl (C=O) groups excluding carboxylic acids is 1. The zero-order valence-electron chi connectivity index (χ0n) is 17.7. The van der Waals surface area contributed by atoms with Crippen molar-refractivity contribution in [3.63, 3.8) is 0 Å². The van der Waals surface area contributed by atoms with E-state index < -0.39 is 9.84 Å². The van der Waals surface area contributed by atoms with Crippen LogP contribution < -0.4 is 0 Å². The van der Waals surface area contributed by atoms with Gasteiger partial charge in [0.2, 0.25) is 5.91 Å². The molecule has 1 amide bonds. The Labute approximate surface area is 175 Å². The van der Waals surface area contributed by atoms with Crippen LogP contribution >= 0.6 is 0 Å². The lowest BCUT2D eigenvalue weighted by Crippen LogP contribution is -2.46. The maximum absolute atomic E-state index is 13.3. The lowest BCUT2D eigenvalue weighted by atomic mass is 9.93. The number of carbonyl (C=O) groups is 1. The fourth-order valence-electron chi connectivity index (χ4n) is 4.79. The third-order valence-electron chi connectivity index (χ3n) is 6.87. The lowest BCUT2D eigenvalue weighted by molar-refractivity contribution is -0.138. The summed E-state index contributed by atoms with van der Waals surface area (Å²) in [5, 5.41) is 0. The lowest BCUT2D eigenvalue weighted by Gasteiger charge is -2.37. The summed E-state index contributed by atoms with van der Waals surface area (Å²) in [6, 6.07) is 9.27. The minimum Gasteiger partial charge on any atom is -0.335 e. The molecule has 0 unspecified atom stereocenters. The summed E-state index contributed by atoms with van der Waals surface area (Å²) in [7, 11) is -2.85. The second-order valence-electron chi connectivity index (χ2n) is 9.46. The molecule has 0 bridgehead atoms. The number of amides is 1. The SMILES string of the molecule is CC(C)c1ccc(CN(C(=O)C2CCN([C@@H]3CCS(=O)(=O)C3)CC2)C2CC2)cc1. The summed E-state index contributed by atoms with van der Waals surface area (Å²) in [6.45, 7) is 6.80. The molecule has 1 atom stereocenters. The van der Waals surface area contributed by atoms with Crippen molar-refractivity contribution in [1.29, 1.82) is 0 Å². The molecule has 0 radical (unpaired) electrons. The fraction of sp³-hybridized carbons (Fsp3) is 0.696. The van der Waals surface area contributed by atoms with Crippen molar-refractivity contribution in [3.8, 4) is 0 Å². The molecule has 2 aliphatic heterocycles. The Morgan fingerprint density at radius 2 is 1.72 bits per heavy atom. The van der Waals surface area contributed by atoms with E-state index in [4.69, 9.17) is 0 Å². The van der Waals surface area contributed by atoms with Crippen molar-refractivity contribution in [2.24, 2.45) is 5.92 Å². The van der Waals surface area contributed by atoms with Crippen molar-refractivity contribution in [2.45, 2.75) is 70.5 Å². The van der Waals surface area contributed by atoms with E-state index in [-0.39, 0.29) is 12.0 Å². The minimum absolute atomic E-state index is 0.0831. The van der Waals surface area contributed by atoms with E-state index in [1.807, 2.05) is 0 Å². The van der Waals surface area contributed by atoms with Crippen LogP contribution in [0.15, 0.2) is 24.3 Å². The Morgan fingerprint density at radius 1 is 1.07 bits per heavy atom. The number of sulfone groups is 1. The van der Waals surface area contributed by atoms with Gasteiger partial charge in [0.1, 0.15) is 0 Å². The third-order valence-corrected chi connectivity index (χ3v) is 8.62. The zero-order chi connectivity index (χ0) is 20.6. The molecular formula is C23H34N2O3S. The Bertz CT molecular complexity index is 822. The highest BCUT2D eigenvalue weighted by molar-refractivity contribution is 7.91. The molecule has 2 heterocycles. The van der Waals surface area contributed by atoms with Crippen LogP contribution in [0.4, 0.5) is 0 Å². The van der Waals surface area contributed by atoms with Gasteiger partial charge in [0, 0.05) is 24.5 Å². The quantitative estimate of drug-likeness (QED) is 0.712. The molecule has 1 aromatic rings. The number of hydrogen-bond donors (Lipinski definition) is 0. The van der Waals surface area contributed by atoms with Gasteiger partial charge < -0.3 is 4.90 Å². The fourth-order valence-corrected chi connectivity index (χ4v) is 6.55. The summed E-state index contributed by atoms with van der Waals surface area (Å²) >= 11 is 0. The van der Waals surface area contributed by atoms with E-state index in [0.29, 0.717) is 35.9 Å². The first-order valence-corrected chi connectivity index (χ1v) is 13.0. The van der Waals surface area contributed by atoms with Crippen molar-refractivity contribution in [1.82, 2.24) is 9.80 Å². The second-order valence-corrected chi connectivity index (χ2v) is 11.7. The Hall–Kier alpha value is -1.40. The van der Waals surface area contributed by atoms with E-state index in [1.54, 1.807) is 0 Å². The van der Waals surface area contributed by atoms with Crippen LogP contribution in [0.2, 0.25) is 0 Å². The van der Waals surface area contributed by atoms with Gasteiger partial charge in [-0.1, -0.05) is 38.1 Å². The van der Waals surface area contributed by atoms with Gasteiger partial charge in [-0.25, -0.2) is 8.42 Å². The highest BCUT2D eigenvalue weighted by Crippen LogP contribution is 2.33. The molecule has 0 aromatic heterocycles. The number of nitrogens with zero attached hydrogens (tertiary/aromatic N) is 2. The maximum atomic E-state index is 13.3.